The Morgan fingerprint density at radius 1 is 1.33 bits per heavy atom. The third kappa shape index (κ3) is 1.41. The third-order valence-electron chi connectivity index (χ3n) is 3.81. The van der Waals surface area contributed by atoms with E-state index in [1.807, 2.05) is 0 Å². The molecule has 3 atom stereocenters. The minimum Gasteiger partial charge on any atom is -0.330 e. The summed E-state index contributed by atoms with van der Waals surface area (Å²) in [6.07, 6.45) is 2.07. The van der Waals surface area contributed by atoms with E-state index < -0.39 is 0 Å². The Kier molecular flexibility index (Phi) is 2.04. The molecule has 0 aliphatic heterocycles. The van der Waals surface area contributed by atoms with Crippen LogP contribution < -0.4 is 5.32 Å². The van der Waals surface area contributed by atoms with Crippen LogP contribution in [0.25, 0.3) is 0 Å². The maximum absolute atomic E-state index is 11.6. The Morgan fingerprint density at radius 3 is 2.40 bits per heavy atom. The first-order chi connectivity index (χ1) is 6.85. The smallest absolute Gasteiger partial charge is 0.221 e. The summed E-state index contributed by atoms with van der Waals surface area (Å²) in [5.74, 6) is 0.846. The molecule has 0 heterocycles. The third-order valence-corrected chi connectivity index (χ3v) is 3.81. The van der Waals surface area contributed by atoms with Crippen LogP contribution in [0.5, 0.6) is 0 Å². The number of allylic oxidation sites excluding steroid dienone is 2. The summed E-state index contributed by atoms with van der Waals surface area (Å²) >= 11 is 0. The number of nitrogens with one attached hydrogen (secondary N) is 1. The highest BCUT2D eigenvalue weighted by atomic mass is 16.1. The van der Waals surface area contributed by atoms with Crippen LogP contribution in [0.1, 0.15) is 27.7 Å². The Morgan fingerprint density at radius 2 is 1.93 bits per heavy atom. The van der Waals surface area contributed by atoms with Gasteiger partial charge in [-0.25, -0.2) is 0 Å². The number of amides is 1. The SMILES string of the molecule is CC(=O)NC1=C[C@H]2[C@@H]([C@@H]1C(C)=O)C2(C)C. The first kappa shape index (κ1) is 10.4. The normalized spacial score (nSPS) is 35.5. The van der Waals surface area contributed by atoms with Crippen LogP contribution in [0.4, 0.5) is 0 Å². The van der Waals surface area contributed by atoms with Crippen LogP contribution >= 0.6 is 0 Å². The second kappa shape index (κ2) is 2.94. The first-order valence-corrected chi connectivity index (χ1v) is 5.35. The summed E-state index contributed by atoms with van der Waals surface area (Å²) in [6.45, 7) is 7.45. The van der Waals surface area contributed by atoms with Crippen LogP contribution in [0.3, 0.4) is 0 Å². The quantitative estimate of drug-likeness (QED) is 0.745. The topological polar surface area (TPSA) is 46.2 Å². The fourth-order valence-electron chi connectivity index (χ4n) is 2.96. The summed E-state index contributed by atoms with van der Waals surface area (Å²) in [7, 11) is 0. The zero-order valence-corrected chi connectivity index (χ0v) is 9.63. The molecule has 0 spiro atoms. The van der Waals surface area contributed by atoms with Crippen molar-refractivity contribution in [2.24, 2.45) is 23.2 Å². The Hall–Kier alpha value is -1.12. The number of rotatable bonds is 2. The number of carbonyl (C=O) groups is 2. The van der Waals surface area contributed by atoms with E-state index in [0.717, 1.165) is 5.70 Å². The lowest BCUT2D eigenvalue weighted by atomic mass is 9.91. The van der Waals surface area contributed by atoms with Gasteiger partial charge in [0, 0.05) is 12.6 Å². The van der Waals surface area contributed by atoms with Crippen LogP contribution in [0.15, 0.2) is 11.8 Å². The van der Waals surface area contributed by atoms with Crippen LogP contribution in [0, 0.1) is 23.2 Å². The van der Waals surface area contributed by atoms with Gasteiger partial charge in [-0.05, 0) is 24.2 Å². The average Bonchev–Trinajstić information content (AvgIpc) is 2.49. The van der Waals surface area contributed by atoms with Crippen molar-refractivity contribution in [1.29, 1.82) is 0 Å². The van der Waals surface area contributed by atoms with E-state index >= 15 is 0 Å². The molecule has 0 aromatic carbocycles. The average molecular weight is 207 g/mol. The molecule has 15 heavy (non-hydrogen) atoms. The van der Waals surface area contributed by atoms with Crippen LogP contribution in [0.2, 0.25) is 0 Å². The molecule has 0 radical (unpaired) electrons. The predicted molar refractivity (Wildman–Crippen MR) is 56.8 cm³/mol. The molecule has 2 rings (SSSR count). The lowest BCUT2D eigenvalue weighted by molar-refractivity contribution is -0.121. The van der Waals surface area contributed by atoms with E-state index in [1.165, 1.54) is 6.92 Å². The van der Waals surface area contributed by atoms with Gasteiger partial charge in [-0.1, -0.05) is 19.9 Å². The van der Waals surface area contributed by atoms with E-state index in [2.05, 4.69) is 25.2 Å². The molecule has 0 unspecified atom stereocenters. The summed E-state index contributed by atoms with van der Waals surface area (Å²) in [4.78, 5) is 22.6. The second-order valence-electron chi connectivity index (χ2n) is 5.26. The molecular weight excluding hydrogens is 190 g/mol. The highest BCUT2D eigenvalue weighted by Crippen LogP contribution is 2.67. The van der Waals surface area contributed by atoms with Gasteiger partial charge in [0.2, 0.25) is 5.91 Å². The van der Waals surface area contributed by atoms with E-state index in [-0.39, 0.29) is 23.0 Å². The maximum Gasteiger partial charge on any atom is 0.221 e. The Labute approximate surface area is 89.9 Å². The molecule has 3 nitrogen and oxygen atoms in total. The molecule has 1 fully saturated rings. The van der Waals surface area contributed by atoms with E-state index in [9.17, 15) is 9.59 Å². The summed E-state index contributed by atoms with van der Waals surface area (Å²) in [5, 5.41) is 2.77. The van der Waals surface area contributed by atoms with Gasteiger partial charge in [0.15, 0.2) is 0 Å². The van der Waals surface area contributed by atoms with Crippen molar-refractivity contribution in [3.8, 4) is 0 Å². The molecule has 2 aliphatic rings. The largest absolute Gasteiger partial charge is 0.330 e. The van der Waals surface area contributed by atoms with Gasteiger partial charge >= 0.3 is 0 Å². The number of Topliss-reactive ketones (excluding diaryl/α,β-unsaturated/α-hetero) is 1. The van der Waals surface area contributed by atoms with Crippen molar-refractivity contribution in [3.05, 3.63) is 11.8 Å². The number of hydrogen-bond acceptors (Lipinski definition) is 2. The van der Waals surface area contributed by atoms with Crippen molar-refractivity contribution in [1.82, 2.24) is 5.32 Å². The molecule has 2 aliphatic carbocycles. The molecule has 3 heteroatoms. The highest BCUT2D eigenvalue weighted by molar-refractivity contribution is 5.85. The monoisotopic (exact) mass is 207 g/mol. The van der Waals surface area contributed by atoms with Gasteiger partial charge < -0.3 is 5.32 Å². The maximum atomic E-state index is 11.6. The van der Waals surface area contributed by atoms with Crippen molar-refractivity contribution in [2.75, 3.05) is 0 Å². The molecule has 1 amide bonds. The fraction of sp³-hybridized carbons (Fsp3) is 0.667. The van der Waals surface area contributed by atoms with Crippen molar-refractivity contribution in [3.63, 3.8) is 0 Å². The summed E-state index contributed by atoms with van der Waals surface area (Å²) in [6, 6.07) is 0. The van der Waals surface area contributed by atoms with E-state index in [0.29, 0.717) is 11.8 Å². The number of fused-ring (bicyclic) bond motifs is 1. The van der Waals surface area contributed by atoms with Crippen molar-refractivity contribution < 1.29 is 9.59 Å². The van der Waals surface area contributed by atoms with E-state index in [4.69, 9.17) is 0 Å². The second-order valence-corrected chi connectivity index (χ2v) is 5.26. The molecule has 0 aromatic rings. The Bertz CT molecular complexity index is 368. The zero-order chi connectivity index (χ0) is 11.4. The highest BCUT2D eigenvalue weighted by Gasteiger charge is 2.65. The molecule has 0 saturated heterocycles. The summed E-state index contributed by atoms with van der Waals surface area (Å²) in [5.41, 5.74) is 1.06. The zero-order valence-electron chi connectivity index (χ0n) is 9.63. The molecule has 0 aromatic heterocycles. The minimum atomic E-state index is -0.0911. The number of ketones is 1. The van der Waals surface area contributed by atoms with Crippen LogP contribution in [-0.2, 0) is 9.59 Å². The minimum absolute atomic E-state index is 0.0890. The Balaban J connectivity index is 2.23. The van der Waals surface area contributed by atoms with Crippen molar-refractivity contribution in [2.45, 2.75) is 27.7 Å². The van der Waals surface area contributed by atoms with Crippen molar-refractivity contribution >= 4 is 11.7 Å². The predicted octanol–water partition coefficient (Wildman–Crippen LogP) is 1.50. The molecule has 0 bridgehead atoms. The number of carbonyl (C=O) groups excluding carboxylic acids is 2. The lowest BCUT2D eigenvalue weighted by Gasteiger charge is -2.18. The fourth-order valence-corrected chi connectivity index (χ4v) is 2.96. The van der Waals surface area contributed by atoms with Gasteiger partial charge in [0.1, 0.15) is 5.78 Å². The van der Waals surface area contributed by atoms with Gasteiger partial charge in [0.05, 0.1) is 5.92 Å². The molecular formula is C12H17NO2. The lowest BCUT2D eigenvalue weighted by Crippen LogP contribution is -2.29. The van der Waals surface area contributed by atoms with Gasteiger partial charge in [-0.15, -0.1) is 0 Å². The standard InChI is InChI=1S/C12H17NO2/c1-6(14)10-9(13-7(2)15)5-8-11(10)12(8,3)4/h5,8,10-11H,1-4H3,(H,13,15)/t8-,10+,11-/m0/s1. The number of hydrogen-bond donors (Lipinski definition) is 1. The van der Waals surface area contributed by atoms with E-state index in [1.54, 1.807) is 6.92 Å². The van der Waals surface area contributed by atoms with Gasteiger partial charge in [-0.3, -0.25) is 9.59 Å². The van der Waals surface area contributed by atoms with Crippen LogP contribution in [-0.4, -0.2) is 11.7 Å². The van der Waals surface area contributed by atoms with Gasteiger partial charge in [0.25, 0.3) is 0 Å². The van der Waals surface area contributed by atoms with Gasteiger partial charge in [-0.2, -0.15) is 0 Å². The molecule has 82 valence electrons. The molecule has 1 N–H and O–H groups in total. The summed E-state index contributed by atoms with van der Waals surface area (Å²) < 4.78 is 0. The first-order valence-electron chi connectivity index (χ1n) is 5.35. The molecule has 1 saturated carbocycles.